The second-order valence-electron chi connectivity index (χ2n) is 3.04. The van der Waals surface area contributed by atoms with Crippen LogP contribution in [0.4, 0.5) is 4.79 Å². The van der Waals surface area contributed by atoms with Crippen LogP contribution in [-0.4, -0.2) is 35.1 Å². The number of hydrogen-bond acceptors (Lipinski definition) is 2. The molecular weight excluding hydrogens is 160 g/mol. The quantitative estimate of drug-likeness (QED) is 0.608. The normalized spacial score (nSPS) is 22.7. The predicted molar refractivity (Wildman–Crippen MR) is 41.5 cm³/mol. The zero-order valence-electron chi connectivity index (χ0n) is 6.69. The highest BCUT2D eigenvalue weighted by Gasteiger charge is 2.26. The highest BCUT2D eigenvalue weighted by Crippen LogP contribution is 2.18. The number of aliphatic carboxylic acids is 1. The summed E-state index contributed by atoms with van der Waals surface area (Å²) in [7, 11) is 0. The van der Waals surface area contributed by atoms with Crippen LogP contribution in [0, 0.1) is 5.92 Å². The third kappa shape index (κ3) is 2.11. The maximum atomic E-state index is 10.6. The SMILES string of the molecule is NC(=O)N1CCC(CC(=O)O)C1. The number of carboxylic acid groups (broad SMARTS) is 1. The van der Waals surface area contributed by atoms with Crippen LogP contribution < -0.4 is 5.73 Å². The summed E-state index contributed by atoms with van der Waals surface area (Å²) in [5.41, 5.74) is 5.03. The van der Waals surface area contributed by atoms with Gasteiger partial charge in [-0.2, -0.15) is 0 Å². The van der Waals surface area contributed by atoms with E-state index in [2.05, 4.69) is 0 Å². The highest BCUT2D eigenvalue weighted by atomic mass is 16.4. The Labute approximate surface area is 70.1 Å². The van der Waals surface area contributed by atoms with E-state index in [4.69, 9.17) is 10.8 Å². The molecule has 1 atom stereocenters. The fraction of sp³-hybridized carbons (Fsp3) is 0.714. The molecule has 1 aliphatic heterocycles. The van der Waals surface area contributed by atoms with Crippen LogP contribution >= 0.6 is 0 Å². The van der Waals surface area contributed by atoms with Gasteiger partial charge < -0.3 is 15.7 Å². The molecule has 0 saturated carbocycles. The van der Waals surface area contributed by atoms with Gasteiger partial charge in [0.05, 0.1) is 0 Å². The first-order valence-corrected chi connectivity index (χ1v) is 3.85. The predicted octanol–water partition coefficient (Wildman–Crippen LogP) is -0.138. The fourth-order valence-corrected chi connectivity index (χ4v) is 1.45. The molecule has 0 aromatic rings. The van der Waals surface area contributed by atoms with Gasteiger partial charge in [0.15, 0.2) is 0 Å². The van der Waals surface area contributed by atoms with E-state index in [1.165, 1.54) is 4.90 Å². The summed E-state index contributed by atoms with van der Waals surface area (Å²) in [5.74, 6) is -0.735. The van der Waals surface area contributed by atoms with E-state index in [0.717, 1.165) is 6.42 Å². The lowest BCUT2D eigenvalue weighted by atomic mass is 10.1. The Bertz CT molecular complexity index is 205. The van der Waals surface area contributed by atoms with Crippen LogP contribution in [0.1, 0.15) is 12.8 Å². The summed E-state index contributed by atoms with van der Waals surface area (Å²) >= 11 is 0. The van der Waals surface area contributed by atoms with Crippen molar-refractivity contribution in [2.24, 2.45) is 11.7 Å². The van der Waals surface area contributed by atoms with Crippen molar-refractivity contribution in [1.82, 2.24) is 4.90 Å². The Kier molecular flexibility index (Phi) is 2.52. The number of nitrogens with two attached hydrogens (primary N) is 1. The summed E-state index contributed by atoms with van der Waals surface area (Å²) in [5, 5.41) is 8.46. The topological polar surface area (TPSA) is 83.6 Å². The number of carboxylic acids is 1. The Morgan fingerprint density at radius 2 is 2.25 bits per heavy atom. The number of hydrogen-bond donors (Lipinski definition) is 2. The molecule has 0 bridgehead atoms. The molecule has 0 radical (unpaired) electrons. The standard InChI is InChI=1S/C7H12N2O3/c8-7(12)9-2-1-5(4-9)3-6(10)11/h5H,1-4H2,(H2,8,12)(H,10,11). The van der Waals surface area contributed by atoms with E-state index in [1.807, 2.05) is 0 Å². The lowest BCUT2D eigenvalue weighted by Gasteiger charge is -2.11. The first-order chi connectivity index (χ1) is 5.59. The number of nitrogens with zero attached hydrogens (tertiary/aromatic N) is 1. The summed E-state index contributed by atoms with van der Waals surface area (Å²) in [6, 6.07) is -0.456. The minimum absolute atomic E-state index is 0.0787. The molecule has 1 rings (SSSR count). The molecule has 68 valence electrons. The van der Waals surface area contributed by atoms with Gasteiger partial charge in [0.1, 0.15) is 0 Å². The van der Waals surface area contributed by atoms with Gasteiger partial charge in [0.2, 0.25) is 0 Å². The number of likely N-dealkylation sites (tertiary alicyclic amines) is 1. The average molecular weight is 172 g/mol. The van der Waals surface area contributed by atoms with Crippen LogP contribution in [0.2, 0.25) is 0 Å². The molecule has 0 aromatic carbocycles. The fourth-order valence-electron chi connectivity index (χ4n) is 1.45. The van der Waals surface area contributed by atoms with Crippen molar-refractivity contribution in [3.63, 3.8) is 0 Å². The van der Waals surface area contributed by atoms with E-state index < -0.39 is 12.0 Å². The summed E-state index contributed by atoms with van der Waals surface area (Å²) in [4.78, 5) is 22.4. The first kappa shape index (κ1) is 8.83. The van der Waals surface area contributed by atoms with Gasteiger partial charge in [0, 0.05) is 19.5 Å². The van der Waals surface area contributed by atoms with Crippen LogP contribution in [0.25, 0.3) is 0 Å². The molecule has 5 heteroatoms. The monoisotopic (exact) mass is 172 g/mol. The molecule has 0 aromatic heterocycles. The minimum atomic E-state index is -0.814. The Morgan fingerprint density at radius 3 is 2.67 bits per heavy atom. The number of primary amides is 1. The number of amides is 2. The molecule has 1 unspecified atom stereocenters. The lowest BCUT2D eigenvalue weighted by Crippen LogP contribution is -2.33. The average Bonchev–Trinajstić information content (AvgIpc) is 2.34. The lowest BCUT2D eigenvalue weighted by molar-refractivity contribution is -0.138. The zero-order chi connectivity index (χ0) is 9.14. The van der Waals surface area contributed by atoms with Crippen molar-refractivity contribution >= 4 is 12.0 Å². The number of urea groups is 1. The third-order valence-electron chi connectivity index (χ3n) is 2.06. The van der Waals surface area contributed by atoms with Crippen molar-refractivity contribution in [2.75, 3.05) is 13.1 Å². The first-order valence-electron chi connectivity index (χ1n) is 3.85. The van der Waals surface area contributed by atoms with E-state index in [9.17, 15) is 9.59 Å². The molecule has 1 saturated heterocycles. The van der Waals surface area contributed by atoms with Crippen molar-refractivity contribution in [1.29, 1.82) is 0 Å². The maximum Gasteiger partial charge on any atom is 0.314 e. The van der Waals surface area contributed by atoms with E-state index >= 15 is 0 Å². The van der Waals surface area contributed by atoms with Crippen LogP contribution in [-0.2, 0) is 4.79 Å². The molecule has 5 nitrogen and oxygen atoms in total. The largest absolute Gasteiger partial charge is 0.481 e. The molecule has 3 N–H and O–H groups in total. The van der Waals surface area contributed by atoms with Gasteiger partial charge in [-0.3, -0.25) is 4.79 Å². The molecule has 1 aliphatic rings. The molecule has 1 fully saturated rings. The Morgan fingerprint density at radius 1 is 1.58 bits per heavy atom. The number of rotatable bonds is 2. The second-order valence-corrected chi connectivity index (χ2v) is 3.04. The molecule has 1 heterocycles. The summed E-state index contributed by atoms with van der Waals surface area (Å²) < 4.78 is 0. The van der Waals surface area contributed by atoms with Gasteiger partial charge in [-0.05, 0) is 12.3 Å². The Hall–Kier alpha value is -1.26. The summed E-state index contributed by atoms with van der Waals surface area (Å²) in [6.07, 6.45) is 0.874. The van der Waals surface area contributed by atoms with Crippen molar-refractivity contribution in [3.05, 3.63) is 0 Å². The molecular formula is C7H12N2O3. The van der Waals surface area contributed by atoms with Crippen molar-refractivity contribution in [2.45, 2.75) is 12.8 Å². The van der Waals surface area contributed by atoms with Gasteiger partial charge in [-0.25, -0.2) is 4.79 Å². The van der Waals surface area contributed by atoms with E-state index in [1.54, 1.807) is 0 Å². The molecule has 0 aliphatic carbocycles. The minimum Gasteiger partial charge on any atom is -0.481 e. The smallest absolute Gasteiger partial charge is 0.314 e. The second kappa shape index (κ2) is 3.42. The van der Waals surface area contributed by atoms with E-state index in [-0.39, 0.29) is 12.3 Å². The van der Waals surface area contributed by atoms with Crippen LogP contribution in [0.3, 0.4) is 0 Å². The van der Waals surface area contributed by atoms with Crippen molar-refractivity contribution in [3.8, 4) is 0 Å². The van der Waals surface area contributed by atoms with Gasteiger partial charge in [-0.15, -0.1) is 0 Å². The molecule has 2 amide bonds. The van der Waals surface area contributed by atoms with Crippen LogP contribution in [0.15, 0.2) is 0 Å². The van der Waals surface area contributed by atoms with E-state index in [0.29, 0.717) is 13.1 Å². The van der Waals surface area contributed by atoms with Crippen molar-refractivity contribution < 1.29 is 14.7 Å². The van der Waals surface area contributed by atoms with Crippen LogP contribution in [0.5, 0.6) is 0 Å². The third-order valence-corrected chi connectivity index (χ3v) is 2.06. The van der Waals surface area contributed by atoms with Gasteiger partial charge in [-0.1, -0.05) is 0 Å². The zero-order valence-corrected chi connectivity index (χ0v) is 6.69. The molecule has 12 heavy (non-hydrogen) atoms. The maximum absolute atomic E-state index is 10.6. The Balaban J connectivity index is 2.35. The molecule has 0 spiro atoms. The number of carbonyl (C=O) groups excluding carboxylic acids is 1. The summed E-state index contributed by atoms with van der Waals surface area (Å²) in [6.45, 7) is 1.08. The van der Waals surface area contributed by atoms with Gasteiger partial charge >= 0.3 is 12.0 Å². The highest BCUT2D eigenvalue weighted by molar-refractivity contribution is 5.72. The van der Waals surface area contributed by atoms with Gasteiger partial charge in [0.25, 0.3) is 0 Å². The number of carbonyl (C=O) groups is 2.